The third kappa shape index (κ3) is 5.43. The fourth-order valence-corrected chi connectivity index (χ4v) is 12.9. The van der Waals surface area contributed by atoms with Crippen molar-refractivity contribution in [3.63, 3.8) is 0 Å². The smallest absolute Gasteiger partial charge is 0.0726 e. The number of fused-ring (bicyclic) bond motifs is 13. The van der Waals surface area contributed by atoms with E-state index in [2.05, 4.69) is 224 Å². The first-order valence-corrected chi connectivity index (χ1v) is 23.8. The molecule has 8 aromatic carbocycles. The standard InChI is InChI=1S/C63H59N/c1-59(2)32-33-61(5,6)56-37-43(30-31-53(56)59)64(42-29-28-40-18-9-10-19-41(40)36-42)57-39-55-48(38-49(57)47-23-17-27-54-58(47)62(7,8)35-34-60(54,3)4)46-22-13-16-26-52(46)63(55)50-24-14-11-20-44(50)45-21-12-15-25-51(45)63/h9-31,36-39H,32-35H2,1-8H3. The quantitative estimate of drug-likeness (QED) is 0.171. The lowest BCUT2D eigenvalue weighted by Gasteiger charge is -2.44. The molecule has 64 heavy (non-hydrogen) atoms. The van der Waals surface area contributed by atoms with Crippen molar-refractivity contribution in [3.8, 4) is 33.4 Å². The lowest BCUT2D eigenvalue weighted by molar-refractivity contribution is 0.332. The Morgan fingerprint density at radius 3 is 1.45 bits per heavy atom. The number of hydrogen-bond acceptors (Lipinski definition) is 1. The summed E-state index contributed by atoms with van der Waals surface area (Å²) in [5.41, 5.74) is 22.7. The van der Waals surface area contributed by atoms with Gasteiger partial charge in [-0.1, -0.05) is 183 Å². The molecule has 8 aromatic rings. The number of hydrogen-bond donors (Lipinski definition) is 0. The summed E-state index contributed by atoms with van der Waals surface area (Å²) in [4.78, 5) is 2.64. The van der Waals surface area contributed by atoms with Crippen LogP contribution in [-0.2, 0) is 27.1 Å². The molecule has 12 rings (SSSR count). The Morgan fingerprint density at radius 1 is 0.312 bits per heavy atom. The molecule has 0 fully saturated rings. The van der Waals surface area contributed by atoms with Gasteiger partial charge in [-0.25, -0.2) is 0 Å². The van der Waals surface area contributed by atoms with Gasteiger partial charge in [-0.05, 0) is 167 Å². The molecule has 4 aliphatic rings. The number of benzene rings is 8. The molecule has 0 saturated carbocycles. The van der Waals surface area contributed by atoms with Crippen LogP contribution in [0.25, 0.3) is 44.2 Å². The Morgan fingerprint density at radius 2 is 0.797 bits per heavy atom. The van der Waals surface area contributed by atoms with E-state index in [4.69, 9.17) is 0 Å². The van der Waals surface area contributed by atoms with Gasteiger partial charge in [-0.3, -0.25) is 0 Å². The average Bonchev–Trinajstić information content (AvgIpc) is 3.76. The first-order chi connectivity index (χ1) is 30.7. The van der Waals surface area contributed by atoms with Gasteiger partial charge < -0.3 is 4.90 Å². The Bertz CT molecular complexity index is 3200. The monoisotopic (exact) mass is 829 g/mol. The van der Waals surface area contributed by atoms with Crippen molar-refractivity contribution in [2.24, 2.45) is 0 Å². The van der Waals surface area contributed by atoms with E-state index in [1.54, 1.807) is 0 Å². The topological polar surface area (TPSA) is 3.24 Å². The molecule has 0 saturated heterocycles. The van der Waals surface area contributed by atoms with Gasteiger partial charge in [0.25, 0.3) is 0 Å². The fourth-order valence-electron chi connectivity index (χ4n) is 12.9. The van der Waals surface area contributed by atoms with E-state index < -0.39 is 5.41 Å². The molecular formula is C63H59N. The minimum absolute atomic E-state index is 0.00456. The van der Waals surface area contributed by atoms with Crippen molar-refractivity contribution >= 4 is 27.8 Å². The first-order valence-electron chi connectivity index (χ1n) is 23.8. The van der Waals surface area contributed by atoms with Crippen molar-refractivity contribution in [2.75, 3.05) is 4.90 Å². The van der Waals surface area contributed by atoms with Crippen molar-refractivity contribution in [1.82, 2.24) is 0 Å². The summed E-state index contributed by atoms with van der Waals surface area (Å²) in [6.45, 7) is 19.7. The van der Waals surface area contributed by atoms with Crippen LogP contribution in [0, 0.1) is 0 Å². The van der Waals surface area contributed by atoms with Crippen molar-refractivity contribution in [2.45, 2.75) is 108 Å². The van der Waals surface area contributed by atoms with Crippen LogP contribution in [0.3, 0.4) is 0 Å². The average molecular weight is 830 g/mol. The summed E-state index contributed by atoms with van der Waals surface area (Å²) in [7, 11) is 0. The minimum atomic E-state index is -0.472. The molecule has 0 aromatic heterocycles. The van der Waals surface area contributed by atoms with Crippen molar-refractivity contribution < 1.29 is 0 Å². The van der Waals surface area contributed by atoms with Crippen molar-refractivity contribution in [1.29, 1.82) is 0 Å². The lowest BCUT2D eigenvalue weighted by atomic mass is 9.61. The summed E-state index contributed by atoms with van der Waals surface area (Å²) < 4.78 is 0. The minimum Gasteiger partial charge on any atom is -0.310 e. The van der Waals surface area contributed by atoms with E-state index in [1.807, 2.05) is 0 Å². The second-order valence-corrected chi connectivity index (χ2v) is 22.2. The zero-order chi connectivity index (χ0) is 44.0. The molecule has 1 heteroatoms. The highest BCUT2D eigenvalue weighted by Gasteiger charge is 2.52. The van der Waals surface area contributed by atoms with Crippen molar-refractivity contribution in [3.05, 3.63) is 208 Å². The third-order valence-electron chi connectivity index (χ3n) is 16.6. The summed E-state index contributed by atoms with van der Waals surface area (Å²) in [6.07, 6.45) is 4.67. The van der Waals surface area contributed by atoms with Crippen LogP contribution < -0.4 is 4.90 Å². The molecule has 0 bridgehead atoms. The van der Waals surface area contributed by atoms with Gasteiger partial charge in [-0.2, -0.15) is 0 Å². The van der Waals surface area contributed by atoms with Gasteiger partial charge >= 0.3 is 0 Å². The van der Waals surface area contributed by atoms with Crippen LogP contribution in [0.5, 0.6) is 0 Å². The highest BCUT2D eigenvalue weighted by atomic mass is 15.1. The Balaban J connectivity index is 1.25. The van der Waals surface area contributed by atoms with Gasteiger partial charge in [0.05, 0.1) is 11.1 Å². The lowest BCUT2D eigenvalue weighted by Crippen LogP contribution is -2.34. The van der Waals surface area contributed by atoms with E-state index in [9.17, 15) is 0 Å². The van der Waals surface area contributed by atoms with Crippen LogP contribution in [0.1, 0.15) is 126 Å². The van der Waals surface area contributed by atoms with E-state index in [0.29, 0.717) is 0 Å². The second kappa shape index (κ2) is 13.4. The highest BCUT2D eigenvalue weighted by Crippen LogP contribution is 2.65. The largest absolute Gasteiger partial charge is 0.310 e. The van der Waals surface area contributed by atoms with E-state index >= 15 is 0 Å². The van der Waals surface area contributed by atoms with E-state index in [-0.39, 0.29) is 21.7 Å². The van der Waals surface area contributed by atoms with E-state index in [1.165, 1.54) is 119 Å². The fraction of sp³-hybridized carbons (Fsp3) is 0.270. The molecular weight excluding hydrogens is 771 g/mol. The molecule has 1 nitrogen and oxygen atoms in total. The summed E-state index contributed by atoms with van der Waals surface area (Å²) in [6, 6.07) is 63.7. The van der Waals surface area contributed by atoms with Gasteiger partial charge in [-0.15, -0.1) is 0 Å². The molecule has 0 aliphatic heterocycles. The molecule has 0 N–H and O–H groups in total. The summed E-state index contributed by atoms with van der Waals surface area (Å²) >= 11 is 0. The maximum Gasteiger partial charge on any atom is 0.0726 e. The summed E-state index contributed by atoms with van der Waals surface area (Å²) in [5.74, 6) is 0. The zero-order valence-electron chi connectivity index (χ0n) is 38.9. The SMILES string of the molecule is CC1(C)CCC(C)(C)c2cc(N(c3ccc4ccccc4c3)c3cc4c(cc3-c3cccc5c3C(C)(C)CCC5(C)C)-c3ccccc3C43c4ccccc4-c4ccccc43)ccc21. The molecule has 0 heterocycles. The molecule has 316 valence electrons. The normalized spacial score (nSPS) is 18.4. The van der Waals surface area contributed by atoms with Crippen LogP contribution in [0.2, 0.25) is 0 Å². The third-order valence-corrected chi connectivity index (χ3v) is 16.6. The Hall–Kier alpha value is -6.18. The first kappa shape index (κ1) is 39.4. The number of nitrogens with zero attached hydrogens (tertiary/aromatic N) is 1. The second-order valence-electron chi connectivity index (χ2n) is 22.2. The zero-order valence-corrected chi connectivity index (χ0v) is 38.9. The maximum atomic E-state index is 2.65. The molecule has 0 amide bonds. The van der Waals surface area contributed by atoms with Crippen LogP contribution >= 0.6 is 0 Å². The van der Waals surface area contributed by atoms with Gasteiger partial charge in [0.15, 0.2) is 0 Å². The summed E-state index contributed by atoms with van der Waals surface area (Å²) in [5, 5.41) is 2.50. The molecule has 4 aliphatic carbocycles. The number of rotatable bonds is 4. The van der Waals surface area contributed by atoms with E-state index in [0.717, 1.165) is 12.8 Å². The molecule has 0 unspecified atom stereocenters. The highest BCUT2D eigenvalue weighted by molar-refractivity contribution is 6.01. The van der Waals surface area contributed by atoms with Gasteiger partial charge in [0.1, 0.15) is 0 Å². The van der Waals surface area contributed by atoms with Gasteiger partial charge in [0.2, 0.25) is 0 Å². The molecule has 0 radical (unpaired) electrons. The predicted octanol–water partition coefficient (Wildman–Crippen LogP) is 17.0. The Labute approximate surface area is 380 Å². The molecule has 0 atom stereocenters. The van der Waals surface area contributed by atoms with Crippen LogP contribution in [0.4, 0.5) is 17.1 Å². The van der Waals surface area contributed by atoms with Crippen LogP contribution in [0.15, 0.2) is 164 Å². The maximum absolute atomic E-state index is 2.65. The Kier molecular flexibility index (Phi) is 8.27. The van der Waals surface area contributed by atoms with Crippen LogP contribution in [-0.4, -0.2) is 0 Å². The number of anilines is 3. The molecule has 1 spiro atoms. The van der Waals surface area contributed by atoms with Gasteiger partial charge in [0, 0.05) is 16.9 Å². The predicted molar refractivity (Wildman–Crippen MR) is 271 cm³/mol.